The van der Waals surface area contributed by atoms with E-state index in [9.17, 15) is 9.90 Å². The van der Waals surface area contributed by atoms with Crippen LogP contribution in [0.4, 0.5) is 0 Å². The Hall–Kier alpha value is -0.650. The van der Waals surface area contributed by atoms with E-state index in [0.717, 1.165) is 6.54 Å². The summed E-state index contributed by atoms with van der Waals surface area (Å²) < 4.78 is 0. The topological polar surface area (TPSA) is 72.8 Å². The highest BCUT2D eigenvalue weighted by atomic mass is 16.4. The first-order valence-electron chi connectivity index (χ1n) is 7.51. The van der Waals surface area contributed by atoms with Gasteiger partial charge < -0.3 is 15.5 Å². The number of carboxylic acids is 1. The van der Waals surface area contributed by atoms with Crippen LogP contribution in [0.2, 0.25) is 0 Å². The molecule has 1 heterocycles. The molecule has 2 unspecified atom stereocenters. The first-order valence-corrected chi connectivity index (χ1v) is 7.51. The van der Waals surface area contributed by atoms with Crippen molar-refractivity contribution in [2.75, 3.05) is 26.2 Å². The minimum absolute atomic E-state index is 0.0997. The highest BCUT2D eigenvalue weighted by molar-refractivity contribution is 5.70. The van der Waals surface area contributed by atoms with E-state index in [1.807, 2.05) is 0 Å². The van der Waals surface area contributed by atoms with Crippen LogP contribution in [-0.2, 0) is 4.79 Å². The van der Waals surface area contributed by atoms with Gasteiger partial charge in [0.05, 0.1) is 12.5 Å². The van der Waals surface area contributed by atoms with Crippen molar-refractivity contribution < 1.29 is 15.0 Å². The average molecular weight is 270 g/mol. The fourth-order valence-corrected chi connectivity index (χ4v) is 3.42. The number of carboxylic acid groups (broad SMARTS) is 1. The monoisotopic (exact) mass is 270 g/mol. The Morgan fingerprint density at radius 1 is 1.16 bits per heavy atom. The molecule has 2 aliphatic rings. The largest absolute Gasteiger partial charge is 0.481 e. The van der Waals surface area contributed by atoms with Gasteiger partial charge in [-0.05, 0) is 19.3 Å². The number of nitrogens with one attached hydrogen (secondary N) is 1. The lowest BCUT2D eigenvalue weighted by atomic mass is 9.90. The van der Waals surface area contributed by atoms with Gasteiger partial charge in [-0.2, -0.15) is 0 Å². The number of β-amino-alcohol motifs (C(OH)–C–C–N with tert-alkyl or cyclic N) is 1. The molecular weight excluding hydrogens is 244 g/mol. The summed E-state index contributed by atoms with van der Waals surface area (Å²) in [5.41, 5.74) is 0. The van der Waals surface area contributed by atoms with E-state index in [-0.39, 0.29) is 18.6 Å². The first-order chi connectivity index (χ1) is 9.19. The smallest absolute Gasteiger partial charge is 0.307 e. The maximum atomic E-state index is 11.2. The number of aliphatic hydroxyl groups excluding tert-OH is 1. The summed E-state index contributed by atoms with van der Waals surface area (Å²) in [4.78, 5) is 13.3. The summed E-state index contributed by atoms with van der Waals surface area (Å²) >= 11 is 0. The Balaban J connectivity index is 1.88. The van der Waals surface area contributed by atoms with E-state index >= 15 is 0 Å². The van der Waals surface area contributed by atoms with Crippen molar-refractivity contribution in [2.24, 2.45) is 5.92 Å². The van der Waals surface area contributed by atoms with Crippen molar-refractivity contribution in [3.8, 4) is 0 Å². The lowest BCUT2D eigenvalue weighted by Gasteiger charge is -2.38. The van der Waals surface area contributed by atoms with E-state index in [1.54, 1.807) is 0 Å². The molecule has 1 saturated carbocycles. The Labute approximate surface area is 115 Å². The van der Waals surface area contributed by atoms with Gasteiger partial charge in [0.25, 0.3) is 0 Å². The molecule has 5 nitrogen and oxygen atoms in total. The van der Waals surface area contributed by atoms with Crippen LogP contribution in [0.1, 0.15) is 38.5 Å². The number of nitrogens with zero attached hydrogens (tertiary/aromatic N) is 1. The van der Waals surface area contributed by atoms with E-state index in [1.165, 1.54) is 32.1 Å². The molecule has 2 fully saturated rings. The molecule has 0 aromatic heterocycles. The molecule has 110 valence electrons. The van der Waals surface area contributed by atoms with Crippen LogP contribution >= 0.6 is 0 Å². The second-order valence-electron chi connectivity index (χ2n) is 5.95. The van der Waals surface area contributed by atoms with Gasteiger partial charge in [0.1, 0.15) is 0 Å². The molecule has 0 aromatic rings. The van der Waals surface area contributed by atoms with Crippen molar-refractivity contribution in [3.05, 3.63) is 0 Å². The maximum absolute atomic E-state index is 11.2. The van der Waals surface area contributed by atoms with Crippen LogP contribution in [0.5, 0.6) is 0 Å². The molecule has 1 aliphatic carbocycles. The lowest BCUT2D eigenvalue weighted by Crippen LogP contribution is -2.54. The van der Waals surface area contributed by atoms with Gasteiger partial charge >= 0.3 is 5.97 Å². The van der Waals surface area contributed by atoms with Crippen molar-refractivity contribution in [1.82, 2.24) is 10.2 Å². The molecule has 0 bridgehead atoms. The second kappa shape index (κ2) is 7.22. The van der Waals surface area contributed by atoms with Crippen molar-refractivity contribution >= 4 is 5.97 Å². The average Bonchev–Trinajstić information content (AvgIpc) is 2.40. The van der Waals surface area contributed by atoms with E-state index in [4.69, 9.17) is 5.11 Å². The van der Waals surface area contributed by atoms with Gasteiger partial charge in [-0.15, -0.1) is 0 Å². The highest BCUT2D eigenvalue weighted by Crippen LogP contribution is 2.22. The zero-order valence-electron chi connectivity index (χ0n) is 11.6. The van der Waals surface area contributed by atoms with E-state index in [2.05, 4.69) is 10.2 Å². The number of likely N-dealkylation sites (tertiary alicyclic amines) is 1. The van der Waals surface area contributed by atoms with Gasteiger partial charge in [0.15, 0.2) is 0 Å². The van der Waals surface area contributed by atoms with E-state index < -0.39 is 5.97 Å². The first kappa shape index (κ1) is 14.8. The van der Waals surface area contributed by atoms with E-state index in [0.29, 0.717) is 25.6 Å². The predicted molar refractivity (Wildman–Crippen MR) is 73.1 cm³/mol. The second-order valence-corrected chi connectivity index (χ2v) is 5.95. The van der Waals surface area contributed by atoms with Gasteiger partial charge in [-0.1, -0.05) is 19.3 Å². The molecule has 1 aliphatic heterocycles. The molecule has 0 amide bonds. The Bertz CT molecular complexity index is 292. The normalized spacial score (nSPS) is 30.4. The molecule has 19 heavy (non-hydrogen) atoms. The molecule has 2 rings (SSSR count). The fourth-order valence-electron chi connectivity index (χ4n) is 3.42. The summed E-state index contributed by atoms with van der Waals surface area (Å²) in [6.07, 6.45) is 7.05. The number of aliphatic carboxylic acids is 1. The van der Waals surface area contributed by atoms with Crippen LogP contribution in [0.3, 0.4) is 0 Å². The zero-order valence-corrected chi connectivity index (χ0v) is 11.6. The molecule has 2 atom stereocenters. The number of aliphatic hydroxyl groups is 1. The zero-order chi connectivity index (χ0) is 13.7. The minimum atomic E-state index is -0.710. The number of hydrogen-bond donors (Lipinski definition) is 3. The van der Waals surface area contributed by atoms with Crippen molar-refractivity contribution in [3.63, 3.8) is 0 Å². The summed E-state index contributed by atoms with van der Waals surface area (Å²) in [5, 5.41) is 21.9. The van der Waals surface area contributed by atoms with Gasteiger partial charge in [-0.3, -0.25) is 9.69 Å². The predicted octanol–water partition coefficient (Wildman–Crippen LogP) is 0.676. The Morgan fingerprint density at radius 2 is 1.89 bits per heavy atom. The summed E-state index contributed by atoms with van der Waals surface area (Å²) in [6.45, 7) is 2.11. The van der Waals surface area contributed by atoms with Crippen LogP contribution in [-0.4, -0.2) is 59.4 Å². The third kappa shape index (κ3) is 4.44. The molecule has 0 spiro atoms. The Kier molecular flexibility index (Phi) is 5.60. The fraction of sp³-hybridized carbons (Fsp3) is 0.929. The van der Waals surface area contributed by atoms with Crippen LogP contribution in [0.25, 0.3) is 0 Å². The summed E-state index contributed by atoms with van der Waals surface area (Å²) in [5.74, 6) is -1.01. The van der Waals surface area contributed by atoms with Gasteiger partial charge in [0.2, 0.25) is 0 Å². The maximum Gasteiger partial charge on any atom is 0.307 e. The molecule has 5 heteroatoms. The molecular formula is C14H26N2O3. The Morgan fingerprint density at radius 3 is 2.53 bits per heavy atom. The molecule has 1 saturated heterocycles. The number of carbonyl (C=O) groups is 1. The SMILES string of the molecule is O=C(O)C1CC(NC2CCCCC2)CN(CCO)C1. The minimum Gasteiger partial charge on any atom is -0.481 e. The third-order valence-corrected chi connectivity index (χ3v) is 4.37. The quantitative estimate of drug-likeness (QED) is 0.685. The number of piperidine rings is 1. The van der Waals surface area contributed by atoms with Crippen molar-refractivity contribution in [2.45, 2.75) is 50.6 Å². The van der Waals surface area contributed by atoms with Crippen LogP contribution < -0.4 is 5.32 Å². The highest BCUT2D eigenvalue weighted by Gasteiger charge is 2.32. The van der Waals surface area contributed by atoms with Crippen molar-refractivity contribution in [1.29, 1.82) is 0 Å². The van der Waals surface area contributed by atoms with Gasteiger partial charge in [0, 0.05) is 31.7 Å². The third-order valence-electron chi connectivity index (χ3n) is 4.37. The van der Waals surface area contributed by atoms with Crippen LogP contribution in [0, 0.1) is 5.92 Å². The molecule has 0 aromatic carbocycles. The summed E-state index contributed by atoms with van der Waals surface area (Å²) in [6, 6.07) is 0.812. The van der Waals surface area contributed by atoms with Crippen LogP contribution in [0.15, 0.2) is 0 Å². The molecule has 0 radical (unpaired) electrons. The number of rotatable bonds is 5. The number of hydrogen-bond acceptors (Lipinski definition) is 4. The molecule has 3 N–H and O–H groups in total. The lowest BCUT2D eigenvalue weighted by molar-refractivity contribution is -0.144. The van der Waals surface area contributed by atoms with Gasteiger partial charge in [-0.25, -0.2) is 0 Å². The standard InChI is InChI=1S/C14H26N2O3/c17-7-6-16-9-11(14(18)19)8-13(10-16)15-12-4-2-1-3-5-12/h11-13,15,17H,1-10H2,(H,18,19). The summed E-state index contributed by atoms with van der Waals surface area (Å²) in [7, 11) is 0.